The molecular weight excluding hydrogens is 311 g/mol. The molecule has 0 saturated carbocycles. The molecule has 1 aliphatic heterocycles. The van der Waals surface area contributed by atoms with Crippen molar-refractivity contribution in [3.05, 3.63) is 35.9 Å². The van der Waals surface area contributed by atoms with Gasteiger partial charge >= 0.3 is 0 Å². The average molecular weight is 330 g/mol. The molecule has 126 valence electrons. The summed E-state index contributed by atoms with van der Waals surface area (Å²) >= 11 is 0. The Bertz CT molecular complexity index is 780. The molecule has 0 unspecified atom stereocenters. The topological polar surface area (TPSA) is 89.2 Å². The summed E-state index contributed by atoms with van der Waals surface area (Å²) in [5.41, 5.74) is 6.17. The first kappa shape index (κ1) is 16.3. The number of benzene rings is 1. The van der Waals surface area contributed by atoms with Crippen LogP contribution >= 0.6 is 0 Å². The highest BCUT2D eigenvalue weighted by molar-refractivity contribution is 5.97. The zero-order valence-corrected chi connectivity index (χ0v) is 13.2. The minimum Gasteiger partial charge on any atom is -0.370 e. The number of nitrogens with two attached hydrogens (primary N) is 1. The lowest BCUT2D eigenvalue weighted by molar-refractivity contribution is -0.119. The van der Waals surface area contributed by atoms with Crippen LogP contribution in [0.4, 0.5) is 4.39 Å². The van der Waals surface area contributed by atoms with Gasteiger partial charge in [0.15, 0.2) is 0 Å². The van der Waals surface area contributed by atoms with Crippen LogP contribution in [0, 0.1) is 11.7 Å². The van der Waals surface area contributed by atoms with Gasteiger partial charge in [0.1, 0.15) is 5.82 Å². The fourth-order valence-corrected chi connectivity index (χ4v) is 3.18. The minimum atomic E-state index is -0.592. The van der Waals surface area contributed by atoms with Crippen LogP contribution in [0.15, 0.2) is 24.5 Å². The first-order valence-electron chi connectivity index (χ1n) is 8.02. The maximum absolute atomic E-state index is 14.3. The van der Waals surface area contributed by atoms with E-state index >= 15 is 0 Å². The van der Waals surface area contributed by atoms with Gasteiger partial charge in [0, 0.05) is 38.0 Å². The summed E-state index contributed by atoms with van der Waals surface area (Å²) in [5, 5.41) is 0. The number of halogens is 1. The smallest absolute Gasteiger partial charge is 0.256 e. The van der Waals surface area contributed by atoms with Crippen molar-refractivity contribution in [1.29, 1.82) is 0 Å². The highest BCUT2D eigenvalue weighted by Gasteiger charge is 2.24. The highest BCUT2D eigenvalue weighted by atomic mass is 19.1. The fourth-order valence-electron chi connectivity index (χ4n) is 3.18. The Kier molecular flexibility index (Phi) is 4.69. The quantitative estimate of drug-likeness (QED) is 0.930. The SMILES string of the molecule is NC(=O)C[C@H]1CCCN(C(=O)c2cc3nccnc3cc2F)CC1. The van der Waals surface area contributed by atoms with Gasteiger partial charge in [-0.15, -0.1) is 0 Å². The number of likely N-dealkylation sites (tertiary alicyclic amines) is 1. The van der Waals surface area contributed by atoms with Crippen LogP contribution in [0.25, 0.3) is 11.0 Å². The van der Waals surface area contributed by atoms with E-state index in [4.69, 9.17) is 5.73 Å². The van der Waals surface area contributed by atoms with E-state index in [9.17, 15) is 14.0 Å². The molecule has 1 aliphatic rings. The molecule has 2 amide bonds. The molecule has 2 aromatic rings. The Balaban J connectivity index is 1.79. The predicted octanol–water partition coefficient (Wildman–Crippen LogP) is 1.89. The summed E-state index contributed by atoms with van der Waals surface area (Å²) in [5.74, 6) is -1.07. The van der Waals surface area contributed by atoms with Crippen molar-refractivity contribution in [1.82, 2.24) is 14.9 Å². The number of carbonyl (C=O) groups excluding carboxylic acids is 2. The van der Waals surface area contributed by atoms with E-state index in [-0.39, 0.29) is 23.3 Å². The molecule has 0 radical (unpaired) electrons. The Hall–Kier alpha value is -2.57. The first-order valence-corrected chi connectivity index (χ1v) is 8.02. The van der Waals surface area contributed by atoms with Crippen molar-refractivity contribution < 1.29 is 14.0 Å². The van der Waals surface area contributed by atoms with Crippen molar-refractivity contribution in [3.8, 4) is 0 Å². The molecule has 24 heavy (non-hydrogen) atoms. The lowest BCUT2D eigenvalue weighted by atomic mass is 9.97. The molecule has 2 heterocycles. The van der Waals surface area contributed by atoms with Gasteiger partial charge in [-0.3, -0.25) is 19.6 Å². The zero-order valence-electron chi connectivity index (χ0n) is 13.2. The van der Waals surface area contributed by atoms with Crippen molar-refractivity contribution >= 4 is 22.8 Å². The minimum absolute atomic E-state index is 0.0105. The van der Waals surface area contributed by atoms with Crippen LogP contribution in [-0.4, -0.2) is 39.8 Å². The summed E-state index contributed by atoms with van der Waals surface area (Å²) in [6, 6.07) is 2.69. The van der Waals surface area contributed by atoms with Gasteiger partial charge in [-0.2, -0.15) is 0 Å². The number of primary amides is 1. The fraction of sp³-hybridized carbons (Fsp3) is 0.412. The number of hydrogen-bond donors (Lipinski definition) is 1. The van der Waals surface area contributed by atoms with Crippen LogP contribution < -0.4 is 5.73 Å². The van der Waals surface area contributed by atoms with E-state index in [0.717, 1.165) is 12.8 Å². The van der Waals surface area contributed by atoms with Crippen molar-refractivity contribution in [2.75, 3.05) is 13.1 Å². The predicted molar refractivity (Wildman–Crippen MR) is 86.6 cm³/mol. The molecule has 0 bridgehead atoms. The van der Waals surface area contributed by atoms with E-state index in [1.807, 2.05) is 0 Å². The van der Waals surface area contributed by atoms with Gasteiger partial charge in [-0.05, 0) is 31.2 Å². The van der Waals surface area contributed by atoms with Crippen LogP contribution in [-0.2, 0) is 4.79 Å². The van der Waals surface area contributed by atoms with Gasteiger partial charge in [0.25, 0.3) is 5.91 Å². The number of rotatable bonds is 3. The van der Waals surface area contributed by atoms with Crippen molar-refractivity contribution in [2.24, 2.45) is 11.7 Å². The van der Waals surface area contributed by atoms with Crippen LogP contribution in [0.1, 0.15) is 36.0 Å². The Labute approximate surface area is 138 Å². The number of carbonyl (C=O) groups is 2. The number of amides is 2. The monoisotopic (exact) mass is 330 g/mol. The van der Waals surface area contributed by atoms with Gasteiger partial charge in [0.05, 0.1) is 16.6 Å². The average Bonchev–Trinajstić information content (AvgIpc) is 2.78. The van der Waals surface area contributed by atoms with E-state index in [0.29, 0.717) is 37.0 Å². The normalized spacial score (nSPS) is 18.4. The van der Waals surface area contributed by atoms with Crippen molar-refractivity contribution in [3.63, 3.8) is 0 Å². The molecule has 7 heteroatoms. The molecular formula is C17H19FN4O2. The number of fused-ring (bicyclic) bond motifs is 1. The Morgan fingerprint density at radius 2 is 1.88 bits per heavy atom. The third-order valence-corrected chi connectivity index (χ3v) is 4.41. The number of aromatic nitrogens is 2. The molecule has 1 aromatic heterocycles. The van der Waals surface area contributed by atoms with Gasteiger partial charge < -0.3 is 10.6 Å². The maximum atomic E-state index is 14.3. The standard InChI is InChI=1S/C17H19FN4O2/c18-13-10-15-14(20-4-5-21-15)9-12(13)17(24)22-6-1-2-11(3-7-22)8-16(19)23/h4-5,9-11H,1-3,6-8H2,(H2,19,23)/t11-/m0/s1. The second-order valence-corrected chi connectivity index (χ2v) is 6.14. The highest BCUT2D eigenvalue weighted by Crippen LogP contribution is 2.23. The summed E-state index contributed by atoms with van der Waals surface area (Å²) in [7, 11) is 0. The van der Waals surface area contributed by atoms with E-state index < -0.39 is 5.82 Å². The second kappa shape index (κ2) is 6.90. The van der Waals surface area contributed by atoms with Crippen LogP contribution in [0.5, 0.6) is 0 Å². The number of nitrogens with zero attached hydrogens (tertiary/aromatic N) is 3. The summed E-state index contributed by atoms with van der Waals surface area (Å²) < 4.78 is 14.3. The largest absolute Gasteiger partial charge is 0.370 e. The van der Waals surface area contributed by atoms with Gasteiger partial charge in [-0.25, -0.2) is 4.39 Å². The molecule has 1 fully saturated rings. The van der Waals surface area contributed by atoms with Crippen LogP contribution in [0.2, 0.25) is 0 Å². The van der Waals surface area contributed by atoms with E-state index in [1.54, 1.807) is 4.90 Å². The van der Waals surface area contributed by atoms with Crippen molar-refractivity contribution in [2.45, 2.75) is 25.7 Å². The van der Waals surface area contributed by atoms with Gasteiger partial charge in [-0.1, -0.05) is 0 Å². The summed E-state index contributed by atoms with van der Waals surface area (Å²) in [6.45, 7) is 1.04. The molecule has 2 N–H and O–H groups in total. The molecule has 1 saturated heterocycles. The number of hydrogen-bond acceptors (Lipinski definition) is 4. The zero-order chi connectivity index (χ0) is 17.1. The molecule has 6 nitrogen and oxygen atoms in total. The Morgan fingerprint density at radius 1 is 1.17 bits per heavy atom. The van der Waals surface area contributed by atoms with Gasteiger partial charge in [0.2, 0.25) is 5.91 Å². The molecule has 0 spiro atoms. The van der Waals surface area contributed by atoms with E-state index in [2.05, 4.69) is 9.97 Å². The maximum Gasteiger partial charge on any atom is 0.256 e. The lowest BCUT2D eigenvalue weighted by Crippen LogP contribution is -2.32. The summed E-state index contributed by atoms with van der Waals surface area (Å²) in [4.78, 5) is 33.6. The van der Waals surface area contributed by atoms with E-state index in [1.165, 1.54) is 24.5 Å². The molecule has 0 aliphatic carbocycles. The lowest BCUT2D eigenvalue weighted by Gasteiger charge is -2.21. The molecule has 3 rings (SSSR count). The van der Waals surface area contributed by atoms with Crippen LogP contribution in [0.3, 0.4) is 0 Å². The second-order valence-electron chi connectivity index (χ2n) is 6.14. The third-order valence-electron chi connectivity index (χ3n) is 4.41. The first-order chi connectivity index (χ1) is 11.5. The third kappa shape index (κ3) is 3.50. The Morgan fingerprint density at radius 3 is 2.58 bits per heavy atom. The molecule has 1 atom stereocenters. The summed E-state index contributed by atoms with van der Waals surface area (Å²) in [6.07, 6.45) is 5.65. The molecule has 1 aromatic carbocycles.